The van der Waals surface area contributed by atoms with Crippen molar-refractivity contribution in [3.63, 3.8) is 0 Å². The third-order valence-corrected chi connectivity index (χ3v) is 4.74. The predicted octanol–water partition coefficient (Wildman–Crippen LogP) is 6.00. The van der Waals surface area contributed by atoms with Gasteiger partial charge in [0.1, 0.15) is 11.6 Å². The summed E-state index contributed by atoms with van der Waals surface area (Å²) in [5.41, 5.74) is 2.76. The first-order valence-corrected chi connectivity index (χ1v) is 7.89. The lowest BCUT2D eigenvalue weighted by Gasteiger charge is -2.17. The molecule has 0 aliphatic carbocycles. The number of rotatable bonds is 3. The fraction of sp³-hybridized carbons (Fsp3) is 0.200. The minimum absolute atomic E-state index is 0.363. The lowest BCUT2D eigenvalue weighted by molar-refractivity contribution is 0.406. The van der Waals surface area contributed by atoms with Crippen LogP contribution in [0.5, 0.6) is 5.75 Å². The summed E-state index contributed by atoms with van der Waals surface area (Å²) in [5, 5.41) is -0.433. The molecule has 5 heteroatoms. The summed E-state index contributed by atoms with van der Waals surface area (Å²) < 4.78 is 20.1. The van der Waals surface area contributed by atoms with E-state index in [0.717, 1.165) is 15.6 Å². The van der Waals surface area contributed by atoms with Crippen molar-refractivity contribution in [3.05, 3.63) is 61.8 Å². The Morgan fingerprint density at radius 1 is 1.10 bits per heavy atom. The fourth-order valence-electron chi connectivity index (χ4n) is 1.92. The molecule has 2 aromatic rings. The highest BCUT2D eigenvalue weighted by Gasteiger charge is 2.20. The van der Waals surface area contributed by atoms with Crippen LogP contribution < -0.4 is 4.74 Å². The molecule has 0 bridgehead atoms. The third-order valence-electron chi connectivity index (χ3n) is 2.97. The smallest absolute Gasteiger partial charge is 0.141 e. The second kappa shape index (κ2) is 6.46. The highest BCUT2D eigenvalue weighted by Crippen LogP contribution is 2.40. The van der Waals surface area contributed by atoms with Crippen LogP contribution in [-0.4, -0.2) is 7.11 Å². The Labute approximate surface area is 139 Å². The fourth-order valence-corrected chi connectivity index (χ4v) is 3.50. The number of halogens is 4. The van der Waals surface area contributed by atoms with Crippen LogP contribution in [0.15, 0.2) is 39.3 Å². The SMILES string of the molecule is COc1cc(F)c(Br)cc1C(Cl)c1ccc(C)cc1Br. The number of methoxy groups -OCH3 is 1. The summed E-state index contributed by atoms with van der Waals surface area (Å²) in [6.45, 7) is 2.01. The highest BCUT2D eigenvalue weighted by molar-refractivity contribution is 9.10. The van der Waals surface area contributed by atoms with Crippen LogP contribution in [0.2, 0.25) is 0 Å². The van der Waals surface area contributed by atoms with Gasteiger partial charge in [-0.1, -0.05) is 28.1 Å². The second-order valence-corrected chi connectivity index (χ2v) is 6.54. The summed E-state index contributed by atoms with van der Waals surface area (Å²) in [7, 11) is 1.50. The van der Waals surface area contributed by atoms with Crippen molar-refractivity contribution in [2.75, 3.05) is 7.11 Å². The van der Waals surface area contributed by atoms with E-state index < -0.39 is 5.38 Å². The van der Waals surface area contributed by atoms with Crippen molar-refractivity contribution in [3.8, 4) is 5.75 Å². The molecular weight excluding hydrogens is 410 g/mol. The van der Waals surface area contributed by atoms with Crippen molar-refractivity contribution in [2.24, 2.45) is 0 Å². The molecule has 2 rings (SSSR count). The molecule has 0 aliphatic rings. The van der Waals surface area contributed by atoms with E-state index in [-0.39, 0.29) is 5.82 Å². The molecule has 0 amide bonds. The monoisotopic (exact) mass is 420 g/mol. The van der Waals surface area contributed by atoms with E-state index in [1.54, 1.807) is 6.07 Å². The van der Waals surface area contributed by atoms with E-state index in [1.165, 1.54) is 13.2 Å². The Kier molecular flexibility index (Phi) is 5.10. The van der Waals surface area contributed by atoms with Crippen LogP contribution in [0, 0.1) is 12.7 Å². The van der Waals surface area contributed by atoms with Crippen molar-refractivity contribution in [2.45, 2.75) is 12.3 Å². The maximum atomic E-state index is 13.6. The van der Waals surface area contributed by atoms with Gasteiger partial charge in [-0.3, -0.25) is 0 Å². The zero-order chi connectivity index (χ0) is 14.9. The number of aryl methyl sites for hydroxylation is 1. The molecule has 1 nitrogen and oxygen atoms in total. The molecule has 0 saturated heterocycles. The molecule has 0 saturated carbocycles. The molecule has 20 heavy (non-hydrogen) atoms. The summed E-state index contributed by atoms with van der Waals surface area (Å²) in [5.74, 6) is 0.0515. The van der Waals surface area contributed by atoms with E-state index >= 15 is 0 Å². The molecule has 2 aromatic carbocycles. The van der Waals surface area contributed by atoms with Crippen LogP contribution >= 0.6 is 43.5 Å². The Bertz CT molecular complexity index is 646. The maximum Gasteiger partial charge on any atom is 0.141 e. The average Bonchev–Trinajstić information content (AvgIpc) is 2.40. The van der Waals surface area contributed by atoms with Gasteiger partial charge in [-0.05, 0) is 46.1 Å². The quantitative estimate of drug-likeness (QED) is 0.552. The number of alkyl halides is 1. The van der Waals surface area contributed by atoms with Crippen LogP contribution in [0.1, 0.15) is 22.1 Å². The molecule has 1 atom stereocenters. The number of benzene rings is 2. The Hall–Kier alpha value is -0.580. The van der Waals surface area contributed by atoms with Gasteiger partial charge in [-0.2, -0.15) is 0 Å². The summed E-state index contributed by atoms with van der Waals surface area (Å²) >= 11 is 13.2. The van der Waals surface area contributed by atoms with E-state index in [1.807, 2.05) is 25.1 Å². The van der Waals surface area contributed by atoms with E-state index in [4.69, 9.17) is 16.3 Å². The maximum absolute atomic E-state index is 13.6. The van der Waals surface area contributed by atoms with Crippen LogP contribution in [0.3, 0.4) is 0 Å². The van der Waals surface area contributed by atoms with Crippen LogP contribution in [-0.2, 0) is 0 Å². The lowest BCUT2D eigenvalue weighted by Crippen LogP contribution is -2.00. The summed E-state index contributed by atoms with van der Waals surface area (Å²) in [4.78, 5) is 0. The minimum atomic E-state index is -0.433. The molecule has 0 radical (unpaired) electrons. The Morgan fingerprint density at radius 3 is 2.40 bits per heavy atom. The van der Waals surface area contributed by atoms with Gasteiger partial charge in [-0.25, -0.2) is 4.39 Å². The van der Waals surface area contributed by atoms with Crippen molar-refractivity contribution in [1.82, 2.24) is 0 Å². The standard InChI is InChI=1S/C15H12Br2ClFO/c1-8-3-4-9(11(16)5-8)15(18)10-6-12(17)13(19)7-14(10)20-2/h3-7,15H,1-2H3. The topological polar surface area (TPSA) is 9.23 Å². The van der Waals surface area contributed by atoms with Gasteiger partial charge >= 0.3 is 0 Å². The predicted molar refractivity (Wildman–Crippen MR) is 87.2 cm³/mol. The first kappa shape index (κ1) is 15.8. The highest BCUT2D eigenvalue weighted by atomic mass is 79.9. The normalized spacial score (nSPS) is 12.3. The van der Waals surface area contributed by atoms with E-state index in [9.17, 15) is 4.39 Å². The Balaban J connectivity index is 2.52. The van der Waals surface area contributed by atoms with Crippen molar-refractivity contribution in [1.29, 1.82) is 0 Å². The third kappa shape index (κ3) is 3.18. The number of hydrogen-bond donors (Lipinski definition) is 0. The average molecular weight is 423 g/mol. The molecule has 0 fully saturated rings. The van der Waals surface area contributed by atoms with Crippen LogP contribution in [0.25, 0.3) is 0 Å². The number of hydrogen-bond acceptors (Lipinski definition) is 1. The summed E-state index contributed by atoms with van der Waals surface area (Å²) in [6.07, 6.45) is 0. The number of ether oxygens (including phenoxy) is 1. The zero-order valence-electron chi connectivity index (χ0n) is 10.9. The largest absolute Gasteiger partial charge is 0.496 e. The minimum Gasteiger partial charge on any atom is -0.496 e. The molecular formula is C15H12Br2ClFO. The first-order valence-electron chi connectivity index (χ1n) is 5.87. The summed E-state index contributed by atoms with van der Waals surface area (Å²) in [6, 6.07) is 8.92. The van der Waals surface area contributed by atoms with Gasteiger partial charge in [0.25, 0.3) is 0 Å². The molecule has 106 valence electrons. The van der Waals surface area contributed by atoms with Crippen LogP contribution in [0.4, 0.5) is 4.39 Å². The van der Waals surface area contributed by atoms with Gasteiger partial charge in [0.2, 0.25) is 0 Å². The van der Waals surface area contributed by atoms with Gasteiger partial charge < -0.3 is 4.74 Å². The molecule has 1 unspecified atom stereocenters. The molecule has 0 aromatic heterocycles. The molecule has 0 spiro atoms. The van der Waals surface area contributed by atoms with E-state index in [0.29, 0.717) is 15.8 Å². The van der Waals surface area contributed by atoms with Crippen molar-refractivity contribution >= 4 is 43.5 Å². The molecule has 0 N–H and O–H groups in total. The first-order chi connectivity index (χ1) is 9.43. The Morgan fingerprint density at radius 2 is 1.80 bits per heavy atom. The van der Waals surface area contributed by atoms with Gasteiger partial charge in [0.15, 0.2) is 0 Å². The molecule has 0 heterocycles. The molecule has 0 aliphatic heterocycles. The van der Waals surface area contributed by atoms with Gasteiger partial charge in [0.05, 0.1) is 17.0 Å². The van der Waals surface area contributed by atoms with E-state index in [2.05, 4.69) is 31.9 Å². The van der Waals surface area contributed by atoms with Gasteiger partial charge in [-0.15, -0.1) is 11.6 Å². The van der Waals surface area contributed by atoms with Gasteiger partial charge in [0, 0.05) is 16.1 Å². The van der Waals surface area contributed by atoms with Crippen molar-refractivity contribution < 1.29 is 9.13 Å². The lowest BCUT2D eigenvalue weighted by atomic mass is 10.0. The second-order valence-electron chi connectivity index (χ2n) is 4.40. The zero-order valence-corrected chi connectivity index (χ0v) is 14.8.